The van der Waals surface area contributed by atoms with Crippen molar-refractivity contribution in [1.29, 1.82) is 0 Å². The average molecular weight is 249 g/mol. The van der Waals surface area contributed by atoms with Crippen molar-refractivity contribution in [2.24, 2.45) is 0 Å². The predicted octanol–water partition coefficient (Wildman–Crippen LogP) is 2.43. The monoisotopic (exact) mass is 249 g/mol. The van der Waals surface area contributed by atoms with E-state index >= 15 is 0 Å². The Balaban J connectivity index is 2.05. The van der Waals surface area contributed by atoms with Gasteiger partial charge in [0, 0.05) is 12.6 Å². The highest BCUT2D eigenvalue weighted by Gasteiger charge is 2.35. The van der Waals surface area contributed by atoms with Gasteiger partial charge in [0.1, 0.15) is 11.5 Å². The highest BCUT2D eigenvalue weighted by molar-refractivity contribution is 5.92. The first-order valence-electron chi connectivity index (χ1n) is 5.88. The fourth-order valence-corrected chi connectivity index (χ4v) is 1.94. The lowest BCUT2D eigenvalue weighted by molar-refractivity contribution is -0.138. The van der Waals surface area contributed by atoms with Gasteiger partial charge < -0.3 is 9.64 Å². The van der Waals surface area contributed by atoms with Crippen molar-refractivity contribution in [3.63, 3.8) is 0 Å². The van der Waals surface area contributed by atoms with Crippen LogP contribution in [-0.4, -0.2) is 29.7 Å². The van der Waals surface area contributed by atoms with Gasteiger partial charge in [0.25, 0.3) is 0 Å². The number of halogens is 1. The highest BCUT2D eigenvalue weighted by Crippen LogP contribution is 2.22. The lowest BCUT2D eigenvalue weighted by Crippen LogP contribution is -2.42. The van der Waals surface area contributed by atoms with Crippen LogP contribution in [-0.2, 0) is 9.53 Å². The Hall–Kier alpha value is -1.68. The minimum absolute atomic E-state index is 0.0955. The maximum Gasteiger partial charge on any atom is 0.248 e. The molecule has 0 saturated carbocycles. The van der Waals surface area contributed by atoms with Gasteiger partial charge in [-0.25, -0.2) is 4.39 Å². The Morgan fingerprint density at radius 2 is 2.06 bits per heavy atom. The van der Waals surface area contributed by atoms with Gasteiger partial charge >= 0.3 is 0 Å². The van der Waals surface area contributed by atoms with Crippen molar-refractivity contribution >= 4 is 12.0 Å². The molecule has 1 heterocycles. The molecule has 1 fully saturated rings. The van der Waals surface area contributed by atoms with E-state index in [9.17, 15) is 9.18 Å². The molecule has 96 valence electrons. The molecule has 0 spiro atoms. The van der Waals surface area contributed by atoms with E-state index in [2.05, 4.69) is 0 Å². The fraction of sp³-hybridized carbons (Fsp3) is 0.357. The third-order valence-corrected chi connectivity index (χ3v) is 2.97. The maximum atomic E-state index is 12.7. The number of carbonyl (C=O) groups excluding carboxylic acids is 1. The Bertz CT molecular complexity index is 465. The lowest BCUT2D eigenvalue weighted by Gasteiger charge is -2.28. The van der Waals surface area contributed by atoms with Crippen LogP contribution in [0.5, 0.6) is 0 Å². The average Bonchev–Trinajstić information content (AvgIpc) is 2.68. The first-order valence-corrected chi connectivity index (χ1v) is 5.88. The summed E-state index contributed by atoms with van der Waals surface area (Å²) in [6.07, 6.45) is 3.17. The summed E-state index contributed by atoms with van der Waals surface area (Å²) in [7, 11) is 0. The number of nitrogens with zero attached hydrogens (tertiary/aromatic N) is 1. The lowest BCUT2D eigenvalue weighted by atomic mass is 10.2. The normalized spacial score (nSPS) is 18.5. The van der Waals surface area contributed by atoms with E-state index in [1.165, 1.54) is 18.2 Å². The highest BCUT2D eigenvalue weighted by atomic mass is 19.1. The zero-order valence-electron chi connectivity index (χ0n) is 10.5. The third-order valence-electron chi connectivity index (χ3n) is 2.97. The quantitative estimate of drug-likeness (QED) is 0.753. The van der Waals surface area contributed by atoms with Gasteiger partial charge in [-0.15, -0.1) is 0 Å². The van der Waals surface area contributed by atoms with Crippen LogP contribution in [0.1, 0.15) is 19.4 Å². The molecular formula is C14H16FNO2. The summed E-state index contributed by atoms with van der Waals surface area (Å²) in [6, 6.07) is 6.00. The molecule has 0 bridgehead atoms. The second-order valence-corrected chi connectivity index (χ2v) is 4.67. The van der Waals surface area contributed by atoms with Crippen LogP contribution in [0.4, 0.5) is 4.39 Å². The minimum atomic E-state index is -0.551. The van der Waals surface area contributed by atoms with E-state index in [0.717, 1.165) is 5.56 Å². The second kappa shape index (κ2) is 4.90. The van der Waals surface area contributed by atoms with Gasteiger partial charge in [0.05, 0.1) is 6.61 Å². The first kappa shape index (κ1) is 12.8. The topological polar surface area (TPSA) is 29.5 Å². The van der Waals surface area contributed by atoms with Crippen LogP contribution in [0.3, 0.4) is 0 Å². The minimum Gasteiger partial charge on any atom is -0.354 e. The molecule has 1 saturated heterocycles. The van der Waals surface area contributed by atoms with Crippen LogP contribution in [0.2, 0.25) is 0 Å². The molecule has 1 amide bonds. The standard InChI is InChI=1S/C14H16FNO2/c1-14(2)16(9-10-18-14)13(17)8-5-11-3-6-12(15)7-4-11/h3-8H,9-10H2,1-2H3. The summed E-state index contributed by atoms with van der Waals surface area (Å²) in [5.74, 6) is -0.380. The summed E-state index contributed by atoms with van der Waals surface area (Å²) >= 11 is 0. The van der Waals surface area contributed by atoms with Gasteiger partial charge in [-0.1, -0.05) is 12.1 Å². The number of ether oxygens (including phenoxy) is 1. The maximum absolute atomic E-state index is 12.7. The Morgan fingerprint density at radius 1 is 1.39 bits per heavy atom. The smallest absolute Gasteiger partial charge is 0.248 e. The van der Waals surface area contributed by atoms with Crippen LogP contribution in [0.15, 0.2) is 30.3 Å². The summed E-state index contributed by atoms with van der Waals surface area (Å²) in [6.45, 7) is 4.88. The number of carbonyl (C=O) groups is 1. The number of hydrogen-bond donors (Lipinski definition) is 0. The van der Waals surface area contributed by atoms with E-state index in [1.807, 2.05) is 13.8 Å². The molecule has 4 heteroatoms. The molecular weight excluding hydrogens is 233 g/mol. The molecule has 18 heavy (non-hydrogen) atoms. The number of hydrogen-bond acceptors (Lipinski definition) is 2. The number of benzene rings is 1. The zero-order chi connectivity index (χ0) is 13.2. The molecule has 1 aliphatic heterocycles. The van der Waals surface area contributed by atoms with Gasteiger partial charge in [0.15, 0.2) is 0 Å². The van der Waals surface area contributed by atoms with Gasteiger partial charge in [-0.3, -0.25) is 4.79 Å². The van der Waals surface area contributed by atoms with Crippen molar-refractivity contribution in [1.82, 2.24) is 4.90 Å². The van der Waals surface area contributed by atoms with Crippen LogP contribution < -0.4 is 0 Å². The van der Waals surface area contributed by atoms with E-state index in [1.54, 1.807) is 23.1 Å². The molecule has 1 aromatic rings. The summed E-state index contributed by atoms with van der Waals surface area (Å²) < 4.78 is 18.2. The summed E-state index contributed by atoms with van der Waals surface area (Å²) in [5, 5.41) is 0. The van der Waals surface area contributed by atoms with Crippen molar-refractivity contribution in [2.75, 3.05) is 13.2 Å². The SMILES string of the molecule is CC1(C)OCCN1C(=O)C=Cc1ccc(F)cc1. The molecule has 2 rings (SSSR count). The Morgan fingerprint density at radius 3 is 2.61 bits per heavy atom. The predicted molar refractivity (Wildman–Crippen MR) is 67.2 cm³/mol. The molecule has 0 atom stereocenters. The van der Waals surface area contributed by atoms with Crippen molar-refractivity contribution in [3.05, 3.63) is 41.7 Å². The van der Waals surface area contributed by atoms with Crippen molar-refractivity contribution < 1.29 is 13.9 Å². The number of rotatable bonds is 2. The summed E-state index contributed by atoms with van der Waals surface area (Å²) in [4.78, 5) is 13.7. The van der Waals surface area contributed by atoms with Gasteiger partial charge in [0.2, 0.25) is 5.91 Å². The van der Waals surface area contributed by atoms with Crippen LogP contribution in [0.25, 0.3) is 6.08 Å². The van der Waals surface area contributed by atoms with E-state index in [4.69, 9.17) is 4.74 Å². The Kier molecular flexibility index (Phi) is 3.48. The molecule has 0 radical (unpaired) electrons. The molecule has 1 aromatic carbocycles. The second-order valence-electron chi connectivity index (χ2n) is 4.67. The zero-order valence-corrected chi connectivity index (χ0v) is 10.5. The fourth-order valence-electron chi connectivity index (χ4n) is 1.94. The molecule has 0 unspecified atom stereocenters. The Labute approximate surface area is 106 Å². The first-order chi connectivity index (χ1) is 8.49. The largest absolute Gasteiger partial charge is 0.354 e. The van der Waals surface area contributed by atoms with Crippen molar-refractivity contribution in [2.45, 2.75) is 19.6 Å². The third kappa shape index (κ3) is 2.76. The summed E-state index contributed by atoms with van der Waals surface area (Å²) in [5.41, 5.74) is 0.243. The van der Waals surface area contributed by atoms with Gasteiger partial charge in [-0.2, -0.15) is 0 Å². The molecule has 3 nitrogen and oxygen atoms in total. The van der Waals surface area contributed by atoms with Crippen LogP contribution >= 0.6 is 0 Å². The molecule has 0 aliphatic carbocycles. The number of amides is 1. The van der Waals surface area contributed by atoms with E-state index in [-0.39, 0.29) is 11.7 Å². The molecule has 0 aromatic heterocycles. The van der Waals surface area contributed by atoms with E-state index in [0.29, 0.717) is 13.2 Å². The van der Waals surface area contributed by atoms with Gasteiger partial charge in [-0.05, 0) is 37.6 Å². The van der Waals surface area contributed by atoms with Crippen LogP contribution in [0, 0.1) is 5.82 Å². The van der Waals surface area contributed by atoms with E-state index < -0.39 is 5.72 Å². The molecule has 0 N–H and O–H groups in total. The molecule has 1 aliphatic rings. The van der Waals surface area contributed by atoms with Crippen molar-refractivity contribution in [3.8, 4) is 0 Å².